The molecule has 0 atom stereocenters. The molecule has 0 N–H and O–H groups in total. The smallest absolute Gasteiger partial charge is 0.256 e. The van der Waals surface area contributed by atoms with Gasteiger partial charge in [-0.1, -0.05) is 6.07 Å². The number of halogens is 1. The Balaban J connectivity index is 1.66. The molecule has 4 nitrogen and oxygen atoms in total. The van der Waals surface area contributed by atoms with Gasteiger partial charge in [-0.2, -0.15) is 0 Å². The van der Waals surface area contributed by atoms with E-state index < -0.39 is 0 Å². The fourth-order valence-corrected chi connectivity index (χ4v) is 3.48. The van der Waals surface area contributed by atoms with Crippen molar-refractivity contribution >= 4 is 32.8 Å². The first-order valence-electron chi connectivity index (χ1n) is 7.53. The minimum absolute atomic E-state index is 0.0237. The number of pyridine rings is 1. The van der Waals surface area contributed by atoms with Gasteiger partial charge in [0.05, 0.1) is 16.6 Å². The summed E-state index contributed by atoms with van der Waals surface area (Å²) >= 11 is 3.52. The van der Waals surface area contributed by atoms with E-state index >= 15 is 0 Å². The highest BCUT2D eigenvalue weighted by atomic mass is 79.9. The first kappa shape index (κ1) is 14.5. The predicted molar refractivity (Wildman–Crippen MR) is 91.3 cm³/mol. The first-order valence-corrected chi connectivity index (χ1v) is 8.32. The number of rotatable bonds is 2. The van der Waals surface area contributed by atoms with Crippen LogP contribution in [0.3, 0.4) is 0 Å². The standard InChI is InChI=1S/C18H15BrN2O2/c1-11-2-3-16(19)17-14(11)8-13(23-17)10-21-7-5-12-4-6-20-9-15(12)18(21)22/h2-4,6,8-9H,5,7,10H2,1H3. The average molecular weight is 371 g/mol. The van der Waals surface area contributed by atoms with E-state index in [1.165, 1.54) is 0 Å². The Hall–Kier alpha value is -2.14. The normalized spacial score (nSPS) is 14.3. The number of aryl methyl sites for hydroxylation is 1. The zero-order chi connectivity index (χ0) is 16.0. The van der Waals surface area contributed by atoms with Crippen LogP contribution in [-0.2, 0) is 13.0 Å². The average Bonchev–Trinajstić information content (AvgIpc) is 2.99. The molecule has 4 rings (SSSR count). The third kappa shape index (κ3) is 2.45. The number of carbonyl (C=O) groups excluding carboxylic acids is 1. The van der Waals surface area contributed by atoms with E-state index in [4.69, 9.17) is 4.42 Å². The summed E-state index contributed by atoms with van der Waals surface area (Å²) < 4.78 is 6.90. The number of benzene rings is 1. The lowest BCUT2D eigenvalue weighted by molar-refractivity contribution is 0.0715. The van der Waals surface area contributed by atoms with Crippen LogP contribution in [0.2, 0.25) is 0 Å². The second-order valence-corrected chi connectivity index (χ2v) is 6.68. The molecular formula is C18H15BrN2O2. The van der Waals surface area contributed by atoms with Crippen LogP contribution in [0.5, 0.6) is 0 Å². The fraction of sp³-hybridized carbons (Fsp3) is 0.222. The van der Waals surface area contributed by atoms with Crippen molar-refractivity contribution in [2.24, 2.45) is 0 Å². The minimum Gasteiger partial charge on any atom is -0.458 e. The molecule has 0 saturated heterocycles. The van der Waals surface area contributed by atoms with E-state index in [0.29, 0.717) is 18.7 Å². The summed E-state index contributed by atoms with van der Waals surface area (Å²) in [5, 5.41) is 1.08. The highest BCUT2D eigenvalue weighted by molar-refractivity contribution is 9.10. The molecule has 1 aliphatic rings. The van der Waals surface area contributed by atoms with Crippen LogP contribution in [0.1, 0.15) is 27.2 Å². The van der Waals surface area contributed by atoms with Crippen molar-refractivity contribution in [3.8, 4) is 0 Å². The van der Waals surface area contributed by atoms with Crippen molar-refractivity contribution in [2.45, 2.75) is 19.9 Å². The first-order chi connectivity index (χ1) is 11.1. The van der Waals surface area contributed by atoms with Gasteiger partial charge in [0.15, 0.2) is 0 Å². The number of hydrogen-bond acceptors (Lipinski definition) is 3. The third-order valence-electron chi connectivity index (χ3n) is 4.33. The van der Waals surface area contributed by atoms with Gasteiger partial charge >= 0.3 is 0 Å². The molecule has 0 aliphatic carbocycles. The Kier molecular flexibility index (Phi) is 3.45. The van der Waals surface area contributed by atoms with Crippen molar-refractivity contribution in [1.82, 2.24) is 9.88 Å². The van der Waals surface area contributed by atoms with Gasteiger partial charge in [-0.15, -0.1) is 0 Å². The van der Waals surface area contributed by atoms with Crippen LogP contribution in [-0.4, -0.2) is 22.3 Å². The highest BCUT2D eigenvalue weighted by Crippen LogP contribution is 2.31. The summed E-state index contributed by atoms with van der Waals surface area (Å²) in [7, 11) is 0. The van der Waals surface area contributed by atoms with Crippen LogP contribution in [0.15, 0.2) is 45.5 Å². The van der Waals surface area contributed by atoms with Crippen molar-refractivity contribution in [3.05, 3.63) is 63.6 Å². The summed E-state index contributed by atoms with van der Waals surface area (Å²) in [5.74, 6) is 0.825. The maximum absolute atomic E-state index is 12.6. The van der Waals surface area contributed by atoms with Crippen molar-refractivity contribution in [1.29, 1.82) is 0 Å². The highest BCUT2D eigenvalue weighted by Gasteiger charge is 2.25. The van der Waals surface area contributed by atoms with E-state index in [1.807, 2.05) is 23.1 Å². The van der Waals surface area contributed by atoms with Gasteiger partial charge in [0, 0.05) is 24.3 Å². The number of furan rings is 1. The second kappa shape index (κ2) is 5.49. The molecule has 0 radical (unpaired) electrons. The molecule has 5 heteroatoms. The summed E-state index contributed by atoms with van der Waals surface area (Å²) in [6, 6.07) is 7.99. The molecular weight excluding hydrogens is 356 g/mol. The molecule has 1 amide bonds. The second-order valence-electron chi connectivity index (χ2n) is 5.83. The minimum atomic E-state index is 0.0237. The van der Waals surface area contributed by atoms with Gasteiger partial charge in [0.1, 0.15) is 11.3 Å². The number of amides is 1. The molecule has 1 aromatic carbocycles. The Labute approximate surface area is 142 Å². The maximum atomic E-state index is 12.6. The van der Waals surface area contributed by atoms with Crippen molar-refractivity contribution in [3.63, 3.8) is 0 Å². The van der Waals surface area contributed by atoms with Crippen LogP contribution < -0.4 is 0 Å². The molecule has 0 bridgehead atoms. The molecule has 3 heterocycles. The molecule has 116 valence electrons. The molecule has 0 saturated carbocycles. The van der Waals surface area contributed by atoms with Crippen LogP contribution in [0.25, 0.3) is 11.0 Å². The molecule has 1 aliphatic heterocycles. The Morgan fingerprint density at radius 3 is 3.04 bits per heavy atom. The Morgan fingerprint density at radius 1 is 1.35 bits per heavy atom. The fourth-order valence-electron chi connectivity index (χ4n) is 3.05. The van der Waals surface area contributed by atoms with E-state index in [2.05, 4.69) is 33.9 Å². The third-order valence-corrected chi connectivity index (χ3v) is 4.96. The predicted octanol–water partition coefficient (Wildman–Crippen LogP) is 4.10. The van der Waals surface area contributed by atoms with Gasteiger partial charge in [-0.05, 0) is 58.6 Å². The Morgan fingerprint density at radius 2 is 2.22 bits per heavy atom. The molecule has 3 aromatic rings. The SMILES string of the molecule is Cc1ccc(Br)c2oc(CN3CCc4ccncc4C3=O)cc12. The lowest BCUT2D eigenvalue weighted by Gasteiger charge is -2.27. The van der Waals surface area contributed by atoms with Gasteiger partial charge in [-0.3, -0.25) is 9.78 Å². The quantitative estimate of drug-likeness (QED) is 0.682. The number of nitrogens with zero attached hydrogens (tertiary/aromatic N) is 2. The van der Waals surface area contributed by atoms with Crippen molar-refractivity contribution < 1.29 is 9.21 Å². The zero-order valence-electron chi connectivity index (χ0n) is 12.7. The number of fused-ring (bicyclic) bond motifs is 2. The summed E-state index contributed by atoms with van der Waals surface area (Å²) in [5.41, 5.74) is 3.78. The van der Waals surface area contributed by atoms with Gasteiger partial charge < -0.3 is 9.32 Å². The Bertz CT molecular complexity index is 878. The summed E-state index contributed by atoms with van der Waals surface area (Å²) in [6.07, 6.45) is 4.25. The largest absolute Gasteiger partial charge is 0.458 e. The monoisotopic (exact) mass is 370 g/mol. The topological polar surface area (TPSA) is 46.3 Å². The van der Waals surface area contributed by atoms with Crippen molar-refractivity contribution in [2.75, 3.05) is 6.54 Å². The van der Waals surface area contributed by atoms with E-state index in [1.54, 1.807) is 12.4 Å². The van der Waals surface area contributed by atoms with Gasteiger partial charge in [-0.25, -0.2) is 0 Å². The molecule has 0 spiro atoms. The van der Waals surface area contributed by atoms with Crippen LogP contribution >= 0.6 is 15.9 Å². The molecule has 23 heavy (non-hydrogen) atoms. The zero-order valence-corrected chi connectivity index (χ0v) is 14.3. The molecule has 0 unspecified atom stereocenters. The summed E-state index contributed by atoms with van der Waals surface area (Å²) in [6.45, 7) is 3.24. The molecule has 0 fully saturated rings. The molecule has 2 aromatic heterocycles. The lowest BCUT2D eigenvalue weighted by atomic mass is 10.0. The van der Waals surface area contributed by atoms with Crippen LogP contribution in [0, 0.1) is 6.92 Å². The van der Waals surface area contributed by atoms with E-state index in [9.17, 15) is 4.79 Å². The number of aromatic nitrogens is 1. The summed E-state index contributed by atoms with van der Waals surface area (Å²) in [4.78, 5) is 18.5. The van der Waals surface area contributed by atoms with Gasteiger partial charge in [0.2, 0.25) is 0 Å². The van der Waals surface area contributed by atoms with E-state index in [0.717, 1.165) is 38.7 Å². The maximum Gasteiger partial charge on any atom is 0.256 e. The number of hydrogen-bond donors (Lipinski definition) is 0. The van der Waals surface area contributed by atoms with Crippen LogP contribution in [0.4, 0.5) is 0 Å². The van der Waals surface area contributed by atoms with E-state index in [-0.39, 0.29) is 5.91 Å². The number of carbonyl (C=O) groups is 1. The lowest BCUT2D eigenvalue weighted by Crippen LogP contribution is -2.37. The van der Waals surface area contributed by atoms with Gasteiger partial charge in [0.25, 0.3) is 5.91 Å².